The first-order valence-corrected chi connectivity index (χ1v) is 6.69. The lowest BCUT2D eigenvalue weighted by Crippen LogP contribution is -2.34. The molecule has 0 aliphatic heterocycles. The highest BCUT2D eigenvalue weighted by Crippen LogP contribution is 2.23. The molecule has 2 aromatic rings. The highest BCUT2D eigenvalue weighted by atomic mass is 16.1. The predicted octanol–water partition coefficient (Wildman–Crippen LogP) is 1.38. The molecule has 0 unspecified atom stereocenters. The van der Waals surface area contributed by atoms with Crippen LogP contribution in [0, 0.1) is 0 Å². The van der Waals surface area contributed by atoms with E-state index in [2.05, 4.69) is 10.3 Å². The Kier molecular flexibility index (Phi) is 4.53. The van der Waals surface area contributed by atoms with E-state index >= 15 is 0 Å². The molecule has 0 bridgehead atoms. The largest absolute Gasteiger partial charge is 0.398 e. The van der Waals surface area contributed by atoms with Crippen LogP contribution >= 0.6 is 0 Å². The Bertz CT molecular complexity index is 612. The Hall–Kier alpha value is -2.14. The van der Waals surface area contributed by atoms with Crippen LogP contribution in [0.15, 0.2) is 30.5 Å². The number of carbonyl (C=O) groups excluding carboxylic acids is 1. The van der Waals surface area contributed by atoms with E-state index in [1.807, 2.05) is 43.1 Å². The van der Waals surface area contributed by atoms with E-state index < -0.39 is 0 Å². The van der Waals surface area contributed by atoms with Crippen LogP contribution < -0.4 is 11.1 Å². The van der Waals surface area contributed by atoms with Crippen molar-refractivity contribution < 1.29 is 4.79 Å². The fourth-order valence-electron chi connectivity index (χ4n) is 2.23. The SMILES string of the molecule is CCNC(=O)CN(C)Cc1ccc(N)c2cccnc12. The van der Waals surface area contributed by atoms with Crippen LogP contribution in [0.3, 0.4) is 0 Å². The normalized spacial score (nSPS) is 10.9. The summed E-state index contributed by atoms with van der Waals surface area (Å²) < 4.78 is 0. The molecule has 3 N–H and O–H groups in total. The van der Waals surface area contributed by atoms with Gasteiger partial charge in [0, 0.05) is 30.4 Å². The topological polar surface area (TPSA) is 71.2 Å². The molecular weight excluding hydrogens is 252 g/mol. The van der Waals surface area contributed by atoms with Crippen molar-refractivity contribution in [3.05, 3.63) is 36.0 Å². The van der Waals surface area contributed by atoms with Gasteiger partial charge >= 0.3 is 0 Å². The smallest absolute Gasteiger partial charge is 0.234 e. The number of benzene rings is 1. The first kappa shape index (κ1) is 14.3. The van der Waals surface area contributed by atoms with E-state index in [0.29, 0.717) is 19.6 Å². The molecule has 0 spiro atoms. The Balaban J connectivity index is 2.18. The molecule has 0 radical (unpaired) electrons. The lowest BCUT2D eigenvalue weighted by Gasteiger charge is -2.17. The van der Waals surface area contributed by atoms with Gasteiger partial charge in [0.2, 0.25) is 5.91 Å². The van der Waals surface area contributed by atoms with Gasteiger partial charge in [0.05, 0.1) is 12.1 Å². The van der Waals surface area contributed by atoms with Crippen molar-refractivity contribution in [2.45, 2.75) is 13.5 Å². The molecule has 0 aliphatic carbocycles. The highest BCUT2D eigenvalue weighted by molar-refractivity contribution is 5.92. The maximum absolute atomic E-state index is 11.6. The van der Waals surface area contributed by atoms with Gasteiger partial charge in [0.15, 0.2) is 0 Å². The number of nitrogens with zero attached hydrogens (tertiary/aromatic N) is 2. The van der Waals surface area contributed by atoms with E-state index in [9.17, 15) is 4.79 Å². The molecule has 1 amide bonds. The molecule has 0 atom stereocenters. The number of hydrogen-bond acceptors (Lipinski definition) is 4. The van der Waals surface area contributed by atoms with Gasteiger partial charge in [-0.15, -0.1) is 0 Å². The maximum atomic E-state index is 11.6. The van der Waals surface area contributed by atoms with Crippen molar-refractivity contribution in [1.82, 2.24) is 15.2 Å². The monoisotopic (exact) mass is 272 g/mol. The van der Waals surface area contributed by atoms with E-state index in [0.717, 1.165) is 22.2 Å². The predicted molar refractivity (Wildman–Crippen MR) is 81.2 cm³/mol. The third kappa shape index (κ3) is 3.24. The van der Waals surface area contributed by atoms with Gasteiger partial charge in [-0.2, -0.15) is 0 Å². The summed E-state index contributed by atoms with van der Waals surface area (Å²) in [5.41, 5.74) is 8.65. The standard InChI is InChI=1S/C15H20N4O/c1-3-17-14(20)10-19(2)9-11-6-7-13(16)12-5-4-8-18-15(11)12/h4-8H,3,9-10,16H2,1-2H3,(H,17,20). The van der Waals surface area contributed by atoms with Gasteiger partial charge in [-0.25, -0.2) is 0 Å². The number of carbonyl (C=O) groups is 1. The number of nitrogen functional groups attached to an aromatic ring is 1. The second-order valence-electron chi connectivity index (χ2n) is 4.84. The zero-order valence-electron chi connectivity index (χ0n) is 11.9. The summed E-state index contributed by atoms with van der Waals surface area (Å²) in [5.74, 6) is 0.0303. The average Bonchev–Trinajstić information content (AvgIpc) is 2.42. The van der Waals surface area contributed by atoms with Crippen molar-refractivity contribution in [2.75, 3.05) is 25.9 Å². The fraction of sp³-hybridized carbons (Fsp3) is 0.333. The van der Waals surface area contributed by atoms with Crippen LogP contribution in [0.5, 0.6) is 0 Å². The first-order valence-electron chi connectivity index (χ1n) is 6.69. The Morgan fingerprint density at radius 2 is 2.20 bits per heavy atom. The minimum absolute atomic E-state index is 0.0303. The van der Waals surface area contributed by atoms with Crippen molar-refractivity contribution in [1.29, 1.82) is 0 Å². The third-order valence-corrected chi connectivity index (χ3v) is 3.11. The van der Waals surface area contributed by atoms with Crippen LogP contribution in [-0.4, -0.2) is 35.9 Å². The molecule has 1 aromatic carbocycles. The lowest BCUT2D eigenvalue weighted by molar-refractivity contribution is -0.121. The Morgan fingerprint density at radius 3 is 2.95 bits per heavy atom. The summed E-state index contributed by atoms with van der Waals surface area (Å²) in [6.07, 6.45) is 1.76. The number of aromatic nitrogens is 1. The minimum atomic E-state index is 0.0303. The van der Waals surface area contributed by atoms with Crippen LogP contribution in [0.4, 0.5) is 5.69 Å². The molecule has 0 saturated heterocycles. The molecular formula is C15H20N4O. The number of nitrogens with one attached hydrogen (secondary N) is 1. The molecule has 1 aromatic heterocycles. The summed E-state index contributed by atoms with van der Waals surface area (Å²) in [6, 6.07) is 7.70. The zero-order valence-corrected chi connectivity index (χ0v) is 11.9. The maximum Gasteiger partial charge on any atom is 0.234 e. The molecule has 106 valence electrons. The Labute approximate surface area is 118 Å². The van der Waals surface area contributed by atoms with Crippen LogP contribution in [0.2, 0.25) is 0 Å². The van der Waals surface area contributed by atoms with E-state index in [1.165, 1.54) is 0 Å². The summed E-state index contributed by atoms with van der Waals surface area (Å²) >= 11 is 0. The van der Waals surface area contributed by atoms with E-state index in [-0.39, 0.29) is 5.91 Å². The fourth-order valence-corrected chi connectivity index (χ4v) is 2.23. The number of likely N-dealkylation sites (N-methyl/N-ethyl adjacent to an activating group) is 2. The molecule has 20 heavy (non-hydrogen) atoms. The first-order chi connectivity index (χ1) is 9.61. The van der Waals surface area contributed by atoms with Crippen molar-refractivity contribution >= 4 is 22.5 Å². The van der Waals surface area contributed by atoms with Crippen LogP contribution in [-0.2, 0) is 11.3 Å². The van der Waals surface area contributed by atoms with Crippen LogP contribution in [0.25, 0.3) is 10.9 Å². The van der Waals surface area contributed by atoms with Gasteiger partial charge < -0.3 is 11.1 Å². The van der Waals surface area contributed by atoms with E-state index in [1.54, 1.807) is 6.20 Å². The number of amides is 1. The molecule has 2 rings (SSSR count). The minimum Gasteiger partial charge on any atom is -0.398 e. The summed E-state index contributed by atoms with van der Waals surface area (Å²) in [6.45, 7) is 3.59. The number of rotatable bonds is 5. The van der Waals surface area contributed by atoms with E-state index in [4.69, 9.17) is 5.73 Å². The van der Waals surface area contributed by atoms with Gasteiger partial charge in [-0.3, -0.25) is 14.7 Å². The van der Waals surface area contributed by atoms with Crippen molar-refractivity contribution in [2.24, 2.45) is 0 Å². The molecule has 5 heteroatoms. The quantitative estimate of drug-likeness (QED) is 0.807. The molecule has 0 aliphatic rings. The number of hydrogen-bond donors (Lipinski definition) is 2. The third-order valence-electron chi connectivity index (χ3n) is 3.11. The van der Waals surface area contributed by atoms with Crippen LogP contribution in [0.1, 0.15) is 12.5 Å². The second-order valence-corrected chi connectivity index (χ2v) is 4.84. The van der Waals surface area contributed by atoms with Gasteiger partial charge in [-0.05, 0) is 37.7 Å². The van der Waals surface area contributed by atoms with Gasteiger partial charge in [0.25, 0.3) is 0 Å². The van der Waals surface area contributed by atoms with Crippen molar-refractivity contribution in [3.8, 4) is 0 Å². The summed E-state index contributed by atoms with van der Waals surface area (Å²) in [7, 11) is 1.92. The zero-order chi connectivity index (χ0) is 14.5. The second kappa shape index (κ2) is 6.34. The van der Waals surface area contributed by atoms with Gasteiger partial charge in [0.1, 0.15) is 0 Å². The lowest BCUT2D eigenvalue weighted by atomic mass is 10.1. The highest BCUT2D eigenvalue weighted by Gasteiger charge is 2.10. The average molecular weight is 272 g/mol. The molecule has 5 nitrogen and oxygen atoms in total. The van der Waals surface area contributed by atoms with Gasteiger partial charge in [-0.1, -0.05) is 6.07 Å². The Morgan fingerprint density at radius 1 is 1.40 bits per heavy atom. The molecule has 0 saturated carbocycles. The number of pyridine rings is 1. The molecule has 0 fully saturated rings. The van der Waals surface area contributed by atoms with Crippen molar-refractivity contribution in [3.63, 3.8) is 0 Å². The number of nitrogens with two attached hydrogens (primary N) is 1. The number of anilines is 1. The summed E-state index contributed by atoms with van der Waals surface area (Å²) in [5, 5.41) is 3.75. The number of fused-ring (bicyclic) bond motifs is 1. The summed E-state index contributed by atoms with van der Waals surface area (Å²) in [4.78, 5) is 17.9. The molecule has 1 heterocycles.